The molecule has 0 bridgehead atoms. The summed E-state index contributed by atoms with van der Waals surface area (Å²) in [4.78, 5) is 17.8. The van der Waals surface area contributed by atoms with Gasteiger partial charge in [-0.15, -0.1) is 11.3 Å². The third kappa shape index (κ3) is 4.95. The van der Waals surface area contributed by atoms with Crippen molar-refractivity contribution in [1.29, 1.82) is 0 Å². The molecule has 0 radical (unpaired) electrons. The van der Waals surface area contributed by atoms with E-state index >= 15 is 0 Å². The van der Waals surface area contributed by atoms with Gasteiger partial charge in [0, 0.05) is 54.5 Å². The Morgan fingerprint density at radius 1 is 1.07 bits per heavy atom. The molecule has 2 aromatic heterocycles. The average molecular weight is 470 g/mol. The van der Waals surface area contributed by atoms with E-state index in [1.54, 1.807) is 17.1 Å². The standard InChI is InChI=1S/C20H19Cl3N4OS/c21-15-9-24-27(11-15)10-14-8-19(29-13-14)20(28)26-6-4-25(5-7-26)12-16-17(22)2-1-3-18(16)23/h1-3,8-9,11,13H,4-7,10,12H2. The molecule has 1 aliphatic rings. The van der Waals surface area contributed by atoms with Crippen LogP contribution in [-0.2, 0) is 13.1 Å². The maximum Gasteiger partial charge on any atom is 0.264 e. The summed E-state index contributed by atoms with van der Waals surface area (Å²) in [7, 11) is 0. The second kappa shape index (κ2) is 9.06. The van der Waals surface area contributed by atoms with Gasteiger partial charge >= 0.3 is 0 Å². The van der Waals surface area contributed by atoms with Crippen molar-refractivity contribution < 1.29 is 4.79 Å². The molecule has 4 rings (SSSR count). The van der Waals surface area contributed by atoms with Gasteiger partial charge in [-0.05, 0) is 29.1 Å². The number of piperazine rings is 1. The molecule has 152 valence electrons. The van der Waals surface area contributed by atoms with Crippen molar-refractivity contribution >= 4 is 52.0 Å². The zero-order chi connectivity index (χ0) is 20.4. The summed E-state index contributed by atoms with van der Waals surface area (Å²) in [5, 5.41) is 8.14. The fraction of sp³-hybridized carbons (Fsp3) is 0.300. The SMILES string of the molecule is O=C(c1cc(Cn2cc(Cl)cn2)cs1)N1CCN(Cc2c(Cl)cccc2Cl)CC1. The third-order valence-corrected chi connectivity index (χ3v) is 6.78. The van der Waals surface area contributed by atoms with Gasteiger partial charge < -0.3 is 4.90 Å². The number of hydrogen-bond acceptors (Lipinski definition) is 4. The molecule has 1 aromatic carbocycles. The number of amides is 1. The number of hydrogen-bond donors (Lipinski definition) is 0. The van der Waals surface area contributed by atoms with Crippen LogP contribution in [0.5, 0.6) is 0 Å². The van der Waals surface area contributed by atoms with Crippen LogP contribution in [0.2, 0.25) is 15.1 Å². The summed E-state index contributed by atoms with van der Waals surface area (Å²) in [6.45, 7) is 4.24. The Morgan fingerprint density at radius 3 is 2.45 bits per heavy atom. The van der Waals surface area contributed by atoms with Gasteiger partial charge in [-0.25, -0.2) is 0 Å². The highest BCUT2D eigenvalue weighted by molar-refractivity contribution is 7.12. The summed E-state index contributed by atoms with van der Waals surface area (Å²) in [5.74, 6) is 0.0789. The lowest BCUT2D eigenvalue weighted by Crippen LogP contribution is -2.48. The Kier molecular flexibility index (Phi) is 6.47. The topological polar surface area (TPSA) is 41.4 Å². The van der Waals surface area contributed by atoms with E-state index in [0.29, 0.717) is 41.2 Å². The van der Waals surface area contributed by atoms with Gasteiger partial charge in [-0.2, -0.15) is 5.10 Å². The van der Waals surface area contributed by atoms with Crippen molar-refractivity contribution in [2.45, 2.75) is 13.1 Å². The van der Waals surface area contributed by atoms with Crippen LogP contribution in [-0.4, -0.2) is 51.7 Å². The van der Waals surface area contributed by atoms with Gasteiger partial charge in [0.15, 0.2) is 0 Å². The monoisotopic (exact) mass is 468 g/mol. The lowest BCUT2D eigenvalue weighted by molar-refractivity contribution is 0.0633. The molecule has 1 saturated heterocycles. The Bertz CT molecular complexity index is 991. The molecule has 0 saturated carbocycles. The summed E-state index contributed by atoms with van der Waals surface area (Å²) >= 11 is 19.9. The quantitative estimate of drug-likeness (QED) is 0.533. The minimum Gasteiger partial charge on any atom is -0.335 e. The molecule has 1 amide bonds. The first-order valence-corrected chi connectivity index (χ1v) is 11.2. The number of nitrogens with zero attached hydrogens (tertiary/aromatic N) is 4. The van der Waals surface area contributed by atoms with Gasteiger partial charge in [-0.1, -0.05) is 40.9 Å². The molecule has 1 fully saturated rings. The highest BCUT2D eigenvalue weighted by atomic mass is 35.5. The number of carbonyl (C=O) groups excluding carboxylic acids is 1. The minimum atomic E-state index is 0.0789. The molecule has 0 atom stereocenters. The molecule has 0 spiro atoms. The normalized spacial score (nSPS) is 15.1. The van der Waals surface area contributed by atoms with Crippen molar-refractivity contribution in [2.24, 2.45) is 0 Å². The van der Waals surface area contributed by atoms with Crippen LogP contribution in [0.15, 0.2) is 42.0 Å². The first kappa shape index (κ1) is 20.7. The van der Waals surface area contributed by atoms with Crippen molar-refractivity contribution in [2.75, 3.05) is 26.2 Å². The van der Waals surface area contributed by atoms with Gasteiger partial charge in [-0.3, -0.25) is 14.4 Å². The van der Waals surface area contributed by atoms with Crippen molar-refractivity contribution in [3.63, 3.8) is 0 Å². The molecule has 3 heterocycles. The summed E-state index contributed by atoms with van der Waals surface area (Å²) in [6.07, 6.45) is 3.38. The molecule has 0 aliphatic carbocycles. The molecule has 1 aliphatic heterocycles. The van der Waals surface area contributed by atoms with Crippen LogP contribution >= 0.6 is 46.1 Å². The number of rotatable bonds is 5. The molecular formula is C20H19Cl3N4OS. The largest absolute Gasteiger partial charge is 0.335 e. The lowest BCUT2D eigenvalue weighted by Gasteiger charge is -2.34. The van der Waals surface area contributed by atoms with Gasteiger partial charge in [0.25, 0.3) is 5.91 Å². The molecule has 0 N–H and O–H groups in total. The second-order valence-electron chi connectivity index (χ2n) is 6.94. The fourth-order valence-electron chi connectivity index (χ4n) is 3.35. The number of benzene rings is 1. The predicted molar refractivity (Wildman–Crippen MR) is 118 cm³/mol. The van der Waals surface area contributed by atoms with Crippen LogP contribution in [0, 0.1) is 0 Å². The fourth-order valence-corrected chi connectivity index (χ4v) is 4.90. The van der Waals surface area contributed by atoms with E-state index in [-0.39, 0.29) is 5.91 Å². The Hall–Kier alpha value is -1.57. The maximum absolute atomic E-state index is 12.9. The molecule has 5 nitrogen and oxygen atoms in total. The maximum atomic E-state index is 12.9. The lowest BCUT2D eigenvalue weighted by atomic mass is 10.2. The van der Waals surface area contributed by atoms with Crippen LogP contribution < -0.4 is 0 Å². The smallest absolute Gasteiger partial charge is 0.264 e. The van der Waals surface area contributed by atoms with Crippen molar-refractivity contribution in [1.82, 2.24) is 19.6 Å². The van der Waals surface area contributed by atoms with E-state index in [0.717, 1.165) is 29.1 Å². The first-order valence-electron chi connectivity index (χ1n) is 9.19. The summed E-state index contributed by atoms with van der Waals surface area (Å²) in [5.41, 5.74) is 1.99. The van der Waals surface area contributed by atoms with Gasteiger partial charge in [0.2, 0.25) is 0 Å². The zero-order valence-corrected chi connectivity index (χ0v) is 18.6. The van der Waals surface area contributed by atoms with E-state index in [1.807, 2.05) is 34.5 Å². The molecule has 3 aromatic rings. The third-order valence-electron chi connectivity index (χ3n) is 4.91. The van der Waals surface area contributed by atoms with Crippen LogP contribution in [0.4, 0.5) is 0 Å². The number of halogens is 3. The van der Waals surface area contributed by atoms with Gasteiger partial charge in [0.05, 0.1) is 22.6 Å². The van der Waals surface area contributed by atoms with Crippen LogP contribution in [0.3, 0.4) is 0 Å². The second-order valence-corrected chi connectivity index (χ2v) is 9.11. The Morgan fingerprint density at radius 2 is 1.79 bits per heavy atom. The molecular weight excluding hydrogens is 451 g/mol. The average Bonchev–Trinajstić information content (AvgIpc) is 3.34. The predicted octanol–water partition coefficient (Wildman–Crippen LogP) is 4.91. The van der Waals surface area contributed by atoms with Crippen molar-refractivity contribution in [3.8, 4) is 0 Å². The van der Waals surface area contributed by atoms with E-state index in [4.69, 9.17) is 34.8 Å². The molecule has 9 heteroatoms. The van der Waals surface area contributed by atoms with E-state index in [1.165, 1.54) is 11.3 Å². The highest BCUT2D eigenvalue weighted by Crippen LogP contribution is 2.26. The number of aromatic nitrogens is 2. The zero-order valence-electron chi connectivity index (χ0n) is 15.5. The van der Waals surface area contributed by atoms with E-state index in [9.17, 15) is 4.79 Å². The highest BCUT2D eigenvalue weighted by Gasteiger charge is 2.24. The van der Waals surface area contributed by atoms with Crippen LogP contribution in [0.25, 0.3) is 0 Å². The molecule has 29 heavy (non-hydrogen) atoms. The number of carbonyl (C=O) groups is 1. The first-order chi connectivity index (χ1) is 14.0. The molecule has 0 unspecified atom stereocenters. The summed E-state index contributed by atoms with van der Waals surface area (Å²) < 4.78 is 1.76. The summed E-state index contributed by atoms with van der Waals surface area (Å²) in [6, 6.07) is 7.50. The van der Waals surface area contributed by atoms with Crippen molar-refractivity contribution in [3.05, 3.63) is 73.1 Å². The Labute approximate surface area is 188 Å². The number of thiophene rings is 1. The Balaban J connectivity index is 1.33. The van der Waals surface area contributed by atoms with E-state index in [2.05, 4.69) is 10.00 Å². The minimum absolute atomic E-state index is 0.0789. The van der Waals surface area contributed by atoms with Crippen LogP contribution in [0.1, 0.15) is 20.8 Å². The van der Waals surface area contributed by atoms with Gasteiger partial charge in [0.1, 0.15) is 0 Å². The van der Waals surface area contributed by atoms with E-state index < -0.39 is 0 Å².